The number of nitrogens with zero attached hydrogens (tertiary/aromatic N) is 1. The van der Waals surface area contributed by atoms with Gasteiger partial charge in [-0.15, -0.1) is 0 Å². The quantitative estimate of drug-likeness (QED) is 0.646. The van der Waals surface area contributed by atoms with Crippen LogP contribution in [0.5, 0.6) is 0 Å². The van der Waals surface area contributed by atoms with Gasteiger partial charge in [0.05, 0.1) is 12.6 Å². The molecule has 1 amide bonds. The highest BCUT2D eigenvalue weighted by Crippen LogP contribution is 2.56. The molecule has 0 aromatic heterocycles. The summed E-state index contributed by atoms with van der Waals surface area (Å²) in [6, 6.07) is 9.82. The van der Waals surface area contributed by atoms with E-state index in [9.17, 15) is 17.6 Å². The number of alkyl halides is 1. The lowest BCUT2D eigenvalue weighted by atomic mass is 9.91. The SMILES string of the molecule is Cc1cccc(-c2cccc(C[C@H]3C(NS(=O)(=O)CF)C4(CC4)CN3C(=O)[C@H]3CCO3)c2F)c1. The lowest BCUT2D eigenvalue weighted by Crippen LogP contribution is -2.53. The van der Waals surface area contributed by atoms with Crippen LogP contribution < -0.4 is 4.72 Å². The van der Waals surface area contributed by atoms with Crippen molar-refractivity contribution in [1.29, 1.82) is 0 Å². The summed E-state index contributed by atoms with van der Waals surface area (Å²) in [7, 11) is -4.17. The number of carbonyl (C=O) groups is 1. The van der Waals surface area contributed by atoms with Gasteiger partial charge < -0.3 is 9.64 Å². The molecule has 1 aliphatic carbocycles. The van der Waals surface area contributed by atoms with E-state index in [4.69, 9.17) is 4.74 Å². The Morgan fingerprint density at radius 3 is 2.59 bits per heavy atom. The molecule has 2 saturated heterocycles. The number of carbonyl (C=O) groups excluding carboxylic acids is 1. The van der Waals surface area contributed by atoms with Gasteiger partial charge >= 0.3 is 0 Å². The lowest BCUT2D eigenvalue weighted by molar-refractivity contribution is -0.157. The average molecular weight is 491 g/mol. The Morgan fingerprint density at radius 2 is 1.97 bits per heavy atom. The average Bonchev–Trinajstić information content (AvgIpc) is 3.49. The van der Waals surface area contributed by atoms with E-state index in [1.54, 1.807) is 23.1 Å². The highest BCUT2D eigenvalue weighted by atomic mass is 32.2. The molecule has 5 rings (SSSR count). The maximum absolute atomic E-state index is 15.7. The smallest absolute Gasteiger partial charge is 0.252 e. The second-order valence-electron chi connectivity index (χ2n) is 9.72. The van der Waals surface area contributed by atoms with E-state index in [-0.39, 0.29) is 12.3 Å². The molecule has 1 saturated carbocycles. The Hall–Kier alpha value is -2.36. The van der Waals surface area contributed by atoms with Crippen molar-refractivity contribution in [2.45, 2.75) is 50.8 Å². The number of hydrogen-bond acceptors (Lipinski definition) is 4. The van der Waals surface area contributed by atoms with Gasteiger partial charge in [0, 0.05) is 30.0 Å². The van der Waals surface area contributed by atoms with Crippen molar-refractivity contribution in [3.63, 3.8) is 0 Å². The Bertz CT molecular complexity index is 1210. The summed E-state index contributed by atoms with van der Waals surface area (Å²) in [5, 5.41) is 0. The number of halogens is 2. The minimum atomic E-state index is -4.17. The van der Waals surface area contributed by atoms with Crippen LogP contribution in [0.1, 0.15) is 30.4 Å². The van der Waals surface area contributed by atoms with Crippen LogP contribution in [0.2, 0.25) is 0 Å². The summed E-state index contributed by atoms with van der Waals surface area (Å²) in [5.41, 5.74) is 2.14. The van der Waals surface area contributed by atoms with Gasteiger partial charge in [-0.25, -0.2) is 21.9 Å². The van der Waals surface area contributed by atoms with E-state index >= 15 is 4.39 Å². The Labute approximate surface area is 198 Å². The van der Waals surface area contributed by atoms with Crippen molar-refractivity contribution < 1.29 is 26.7 Å². The molecule has 0 radical (unpaired) electrons. The molecule has 3 aliphatic rings. The summed E-state index contributed by atoms with van der Waals surface area (Å²) < 4.78 is 61.2. The van der Waals surface area contributed by atoms with Gasteiger partial charge in [-0.05, 0) is 37.3 Å². The molecular formula is C25H28F2N2O4S. The molecule has 2 heterocycles. The predicted molar refractivity (Wildman–Crippen MR) is 124 cm³/mol. The number of benzene rings is 2. The topological polar surface area (TPSA) is 75.7 Å². The van der Waals surface area contributed by atoms with Gasteiger partial charge in [0.15, 0.2) is 0 Å². The standard InChI is InChI=1S/C25H28F2N2O4S/c1-16-4-2-5-17(12-16)19-7-3-6-18(22(19)27)13-20-23(28-34(31,32)15-26)25(9-10-25)14-29(20)24(30)21-8-11-33-21/h2-7,12,20-21,23,28H,8-11,13-15H2,1H3/t20-,21+,23?/m0/s1. The summed E-state index contributed by atoms with van der Waals surface area (Å²) in [4.78, 5) is 14.8. The van der Waals surface area contributed by atoms with Crippen LogP contribution >= 0.6 is 0 Å². The van der Waals surface area contributed by atoms with E-state index in [1.165, 1.54) is 0 Å². The third-order valence-corrected chi connectivity index (χ3v) is 8.27. The van der Waals surface area contributed by atoms with Crippen molar-refractivity contribution in [3.05, 3.63) is 59.4 Å². The highest BCUT2D eigenvalue weighted by molar-refractivity contribution is 7.89. The van der Waals surface area contributed by atoms with Crippen LogP contribution in [0.25, 0.3) is 11.1 Å². The van der Waals surface area contributed by atoms with E-state index in [1.807, 2.05) is 31.2 Å². The number of ether oxygens (including phenoxy) is 1. The molecule has 182 valence electrons. The molecule has 2 aliphatic heterocycles. The second kappa shape index (κ2) is 8.70. The van der Waals surface area contributed by atoms with Crippen LogP contribution in [0.3, 0.4) is 0 Å². The minimum absolute atomic E-state index is 0.116. The molecule has 9 heteroatoms. The van der Waals surface area contributed by atoms with Crippen molar-refractivity contribution in [1.82, 2.24) is 9.62 Å². The zero-order valence-electron chi connectivity index (χ0n) is 19.0. The van der Waals surface area contributed by atoms with Crippen molar-refractivity contribution in [2.24, 2.45) is 5.41 Å². The van der Waals surface area contributed by atoms with Gasteiger partial charge in [0.1, 0.15) is 11.9 Å². The zero-order valence-corrected chi connectivity index (χ0v) is 19.8. The van der Waals surface area contributed by atoms with E-state index < -0.39 is 45.4 Å². The molecular weight excluding hydrogens is 462 g/mol. The number of aryl methyl sites for hydroxylation is 1. The van der Waals surface area contributed by atoms with E-state index in [2.05, 4.69) is 4.72 Å². The summed E-state index contributed by atoms with van der Waals surface area (Å²) in [5.74, 6) is -0.607. The molecule has 1 unspecified atom stereocenters. The summed E-state index contributed by atoms with van der Waals surface area (Å²) in [6.45, 7) is 2.80. The molecule has 2 aromatic rings. The molecule has 0 bridgehead atoms. The van der Waals surface area contributed by atoms with E-state index in [0.29, 0.717) is 30.7 Å². The number of sulfonamides is 1. The van der Waals surface area contributed by atoms with Gasteiger partial charge in [-0.3, -0.25) is 4.79 Å². The molecule has 3 fully saturated rings. The highest BCUT2D eigenvalue weighted by Gasteiger charge is 2.62. The molecule has 34 heavy (non-hydrogen) atoms. The number of amides is 1. The minimum Gasteiger partial charge on any atom is -0.368 e. The van der Waals surface area contributed by atoms with Gasteiger partial charge in [0.2, 0.25) is 16.0 Å². The molecule has 1 spiro atoms. The fourth-order valence-corrected chi connectivity index (χ4v) is 6.14. The van der Waals surface area contributed by atoms with Crippen LogP contribution in [-0.2, 0) is 26.0 Å². The number of hydrogen-bond donors (Lipinski definition) is 1. The first-order chi connectivity index (χ1) is 16.2. The van der Waals surface area contributed by atoms with Crippen molar-refractivity contribution in [2.75, 3.05) is 19.2 Å². The summed E-state index contributed by atoms with van der Waals surface area (Å²) in [6.07, 6.45) is 1.62. The normalized spacial score (nSPS) is 25.4. The summed E-state index contributed by atoms with van der Waals surface area (Å²) >= 11 is 0. The lowest BCUT2D eigenvalue weighted by Gasteiger charge is -2.34. The maximum Gasteiger partial charge on any atom is 0.252 e. The van der Waals surface area contributed by atoms with Gasteiger partial charge in [-0.1, -0.05) is 48.0 Å². The number of likely N-dealkylation sites (tertiary alicyclic amines) is 1. The van der Waals surface area contributed by atoms with Crippen molar-refractivity contribution >= 4 is 15.9 Å². The van der Waals surface area contributed by atoms with E-state index in [0.717, 1.165) is 24.0 Å². The first-order valence-electron chi connectivity index (χ1n) is 11.6. The molecule has 1 N–H and O–H groups in total. The third-order valence-electron chi connectivity index (χ3n) is 7.37. The van der Waals surface area contributed by atoms with Crippen LogP contribution in [0.4, 0.5) is 8.78 Å². The fourth-order valence-electron chi connectivity index (χ4n) is 5.28. The predicted octanol–water partition coefficient (Wildman–Crippen LogP) is 3.34. The monoisotopic (exact) mass is 490 g/mol. The largest absolute Gasteiger partial charge is 0.368 e. The molecule has 3 atom stereocenters. The van der Waals surface area contributed by atoms with Crippen molar-refractivity contribution in [3.8, 4) is 11.1 Å². The first kappa shape index (κ1) is 23.4. The number of rotatable bonds is 7. The second-order valence-corrected chi connectivity index (χ2v) is 11.4. The Kier molecular flexibility index (Phi) is 5.98. The molecule has 2 aromatic carbocycles. The fraction of sp³-hybridized carbons (Fsp3) is 0.480. The van der Waals surface area contributed by atoms with Crippen LogP contribution in [0, 0.1) is 18.2 Å². The van der Waals surface area contributed by atoms with Crippen LogP contribution in [0.15, 0.2) is 42.5 Å². The maximum atomic E-state index is 15.7. The Morgan fingerprint density at radius 1 is 1.24 bits per heavy atom. The zero-order chi connectivity index (χ0) is 24.1. The third kappa shape index (κ3) is 4.25. The number of nitrogens with one attached hydrogen (secondary N) is 1. The van der Waals surface area contributed by atoms with Gasteiger partial charge in [-0.2, -0.15) is 0 Å². The van der Waals surface area contributed by atoms with Gasteiger partial charge in [0.25, 0.3) is 5.91 Å². The van der Waals surface area contributed by atoms with Crippen LogP contribution in [-0.4, -0.2) is 56.6 Å². The molecule has 6 nitrogen and oxygen atoms in total. The first-order valence-corrected chi connectivity index (χ1v) is 13.2. The Balaban J connectivity index is 1.51.